The normalized spacial score (nSPS) is 16.7. The number of allylic oxidation sites excluding steroid dienone is 4. The first kappa shape index (κ1) is 22.3. The van der Waals surface area contributed by atoms with Crippen LogP contribution >= 0.6 is 11.8 Å². The molecule has 0 aliphatic heterocycles. The quantitative estimate of drug-likeness (QED) is 0.528. The predicted octanol–water partition coefficient (Wildman–Crippen LogP) is 6.15. The Labute approximate surface area is 193 Å². The number of hydrogen-bond donors (Lipinski definition) is 2. The second-order valence-corrected chi connectivity index (χ2v) is 8.93. The molecule has 32 heavy (non-hydrogen) atoms. The highest BCUT2D eigenvalue weighted by molar-refractivity contribution is 8.02. The van der Waals surface area contributed by atoms with Gasteiger partial charge in [0.05, 0.1) is 6.10 Å². The second kappa shape index (κ2) is 10.6. The molecular weight excluding hydrogens is 422 g/mol. The molecule has 1 saturated carbocycles. The largest absolute Gasteiger partial charge is 0.490 e. The summed E-state index contributed by atoms with van der Waals surface area (Å²) in [6.45, 7) is 1.89. The van der Waals surface area contributed by atoms with E-state index in [4.69, 9.17) is 9.47 Å². The molecule has 2 aromatic rings. The highest BCUT2D eigenvalue weighted by Gasteiger charge is 2.18. The molecule has 1 amide bonds. The fraction of sp³-hybridized carbons (Fsp3) is 0.360. The number of ether oxygens (including phenoxy) is 2. The van der Waals surface area contributed by atoms with Gasteiger partial charge in [-0.05, 0) is 63.1 Å². The van der Waals surface area contributed by atoms with Crippen molar-refractivity contribution >= 4 is 23.6 Å². The van der Waals surface area contributed by atoms with Crippen molar-refractivity contribution in [2.24, 2.45) is 0 Å². The lowest BCUT2D eigenvalue weighted by Gasteiger charge is -2.23. The molecule has 4 rings (SSSR count). The summed E-state index contributed by atoms with van der Waals surface area (Å²) in [4.78, 5) is 21.3. The Morgan fingerprint density at radius 1 is 1.16 bits per heavy atom. The van der Waals surface area contributed by atoms with Gasteiger partial charge in [-0.3, -0.25) is 10.1 Å². The van der Waals surface area contributed by atoms with E-state index in [9.17, 15) is 4.79 Å². The van der Waals surface area contributed by atoms with Crippen molar-refractivity contribution in [1.29, 1.82) is 0 Å². The fourth-order valence-electron chi connectivity index (χ4n) is 3.81. The van der Waals surface area contributed by atoms with Gasteiger partial charge in [0.15, 0.2) is 0 Å². The summed E-state index contributed by atoms with van der Waals surface area (Å²) in [5, 5.41) is 2.81. The number of carbonyl (C=O) groups is 1. The topological polar surface area (TPSA) is 76.2 Å². The minimum atomic E-state index is -0.266. The van der Waals surface area contributed by atoms with Crippen molar-refractivity contribution in [3.05, 3.63) is 70.6 Å². The number of carbonyl (C=O) groups excluding carboxylic acids is 1. The number of rotatable bonds is 7. The van der Waals surface area contributed by atoms with Crippen LogP contribution < -0.4 is 14.8 Å². The number of nitrogens with zero attached hydrogens (tertiary/aromatic N) is 1. The van der Waals surface area contributed by atoms with E-state index in [1.54, 1.807) is 30.1 Å². The molecule has 0 unspecified atom stereocenters. The number of nitrogens with one attached hydrogen (secondary N) is 2. The van der Waals surface area contributed by atoms with Crippen LogP contribution in [0.1, 0.15) is 54.6 Å². The van der Waals surface area contributed by atoms with E-state index >= 15 is 0 Å². The molecule has 168 valence electrons. The van der Waals surface area contributed by atoms with Crippen LogP contribution in [0.4, 0.5) is 5.95 Å². The summed E-state index contributed by atoms with van der Waals surface area (Å²) in [6, 6.07) is 5.39. The molecule has 0 spiro atoms. The highest BCUT2D eigenvalue weighted by Crippen LogP contribution is 2.30. The Hall–Kier alpha value is -2.93. The van der Waals surface area contributed by atoms with Gasteiger partial charge in [-0.15, -0.1) is 11.8 Å². The fourth-order valence-corrected chi connectivity index (χ4v) is 4.25. The molecule has 2 N–H and O–H groups in total. The molecule has 1 fully saturated rings. The number of aromatic nitrogens is 2. The van der Waals surface area contributed by atoms with Gasteiger partial charge in [0.25, 0.3) is 5.91 Å². The molecular formula is C25H29N3O3S. The Bertz CT molecular complexity index is 1050. The van der Waals surface area contributed by atoms with Crippen LogP contribution in [0.2, 0.25) is 0 Å². The lowest BCUT2D eigenvalue weighted by Crippen LogP contribution is -2.20. The lowest BCUT2D eigenvalue weighted by atomic mass is 9.98. The maximum Gasteiger partial charge on any atom is 0.258 e. The van der Waals surface area contributed by atoms with Gasteiger partial charge < -0.3 is 14.5 Å². The van der Waals surface area contributed by atoms with Gasteiger partial charge >= 0.3 is 0 Å². The summed E-state index contributed by atoms with van der Waals surface area (Å²) in [5.41, 5.74) is 1.34. The zero-order valence-electron chi connectivity index (χ0n) is 18.5. The number of hydrogen-bond acceptors (Lipinski definition) is 5. The van der Waals surface area contributed by atoms with E-state index in [0.717, 1.165) is 24.3 Å². The van der Waals surface area contributed by atoms with Gasteiger partial charge in [0.1, 0.15) is 17.3 Å². The standard InChI is InChI=1S/C25H29N3O3S/c1-17-16-26-25(27-17)28-24(29)18-13-21(30-19-7-4-3-5-8-19)15-22(14-18)31-20-9-6-10-23(32-2)12-11-20/h6,10-16,19H,3-5,7-9H2,1-2H3,(H2,26,27,28,29). The first-order chi connectivity index (χ1) is 15.6. The smallest absolute Gasteiger partial charge is 0.258 e. The molecule has 0 radical (unpaired) electrons. The van der Waals surface area contributed by atoms with Crippen molar-refractivity contribution in [1.82, 2.24) is 9.97 Å². The third-order valence-electron chi connectivity index (χ3n) is 5.45. The second-order valence-electron chi connectivity index (χ2n) is 8.05. The summed E-state index contributed by atoms with van der Waals surface area (Å²) in [6.07, 6.45) is 18.5. The van der Waals surface area contributed by atoms with Crippen LogP contribution in [0.5, 0.6) is 11.5 Å². The van der Waals surface area contributed by atoms with E-state index in [2.05, 4.69) is 27.4 Å². The average Bonchev–Trinajstić information content (AvgIpc) is 3.06. The van der Waals surface area contributed by atoms with Crippen molar-refractivity contribution in [3.63, 3.8) is 0 Å². The molecule has 7 heteroatoms. The number of thioether (sulfide) groups is 1. The molecule has 0 atom stereocenters. The van der Waals surface area contributed by atoms with Crippen molar-refractivity contribution < 1.29 is 14.3 Å². The highest BCUT2D eigenvalue weighted by atomic mass is 32.2. The van der Waals surface area contributed by atoms with Gasteiger partial charge in [0.2, 0.25) is 5.95 Å². The predicted molar refractivity (Wildman–Crippen MR) is 129 cm³/mol. The minimum Gasteiger partial charge on any atom is -0.490 e. The van der Waals surface area contributed by atoms with E-state index in [0.29, 0.717) is 29.4 Å². The summed E-state index contributed by atoms with van der Waals surface area (Å²) in [7, 11) is 0. The van der Waals surface area contributed by atoms with Crippen LogP contribution in [0.15, 0.2) is 59.4 Å². The summed E-state index contributed by atoms with van der Waals surface area (Å²) >= 11 is 1.69. The number of imidazole rings is 1. The molecule has 0 bridgehead atoms. The van der Waals surface area contributed by atoms with Gasteiger partial charge in [-0.2, -0.15) is 0 Å². The van der Waals surface area contributed by atoms with Gasteiger partial charge in [0, 0.05) is 34.8 Å². The molecule has 2 aliphatic rings. The maximum atomic E-state index is 12.9. The average molecular weight is 452 g/mol. The Morgan fingerprint density at radius 3 is 2.72 bits per heavy atom. The number of amides is 1. The Kier molecular flexibility index (Phi) is 7.37. The molecule has 2 aliphatic carbocycles. The molecule has 0 saturated heterocycles. The van der Waals surface area contributed by atoms with Gasteiger partial charge in [-0.25, -0.2) is 4.98 Å². The number of anilines is 1. The molecule has 1 aromatic carbocycles. The Morgan fingerprint density at radius 2 is 1.97 bits per heavy atom. The number of aromatic amines is 1. The van der Waals surface area contributed by atoms with Gasteiger partial charge in [-0.1, -0.05) is 18.6 Å². The maximum absolute atomic E-state index is 12.9. The van der Waals surface area contributed by atoms with Crippen molar-refractivity contribution in [2.45, 2.75) is 51.6 Å². The monoisotopic (exact) mass is 451 g/mol. The minimum absolute atomic E-state index is 0.176. The van der Waals surface area contributed by atoms with Crippen molar-refractivity contribution in [2.75, 3.05) is 11.6 Å². The zero-order valence-corrected chi connectivity index (χ0v) is 19.3. The number of benzene rings is 1. The van der Waals surface area contributed by atoms with Crippen LogP contribution in [-0.4, -0.2) is 28.2 Å². The molecule has 6 nitrogen and oxygen atoms in total. The zero-order chi connectivity index (χ0) is 22.3. The summed E-state index contributed by atoms with van der Waals surface area (Å²) < 4.78 is 12.4. The summed E-state index contributed by atoms with van der Waals surface area (Å²) in [5.74, 6) is 2.20. The third kappa shape index (κ3) is 6.07. The SMILES string of the molecule is CSC1=CC=C(Oc2cc(OC3CCCCC3)cc(C(=O)Nc3ncc(C)[nH]3)c2)CC=C1. The van der Waals surface area contributed by atoms with E-state index < -0.39 is 0 Å². The molecule has 1 aromatic heterocycles. The Balaban J connectivity index is 1.57. The van der Waals surface area contributed by atoms with Crippen LogP contribution in [-0.2, 0) is 0 Å². The number of H-pyrrole nitrogens is 1. The first-order valence-corrected chi connectivity index (χ1v) is 12.3. The third-order valence-corrected chi connectivity index (χ3v) is 6.19. The van der Waals surface area contributed by atoms with E-state index in [1.165, 1.54) is 24.2 Å². The molecule has 1 heterocycles. The first-order valence-electron chi connectivity index (χ1n) is 11.0. The van der Waals surface area contributed by atoms with Crippen molar-refractivity contribution in [3.8, 4) is 11.5 Å². The van der Waals surface area contributed by atoms with Crippen LogP contribution in [0.25, 0.3) is 0 Å². The van der Waals surface area contributed by atoms with E-state index in [1.807, 2.05) is 31.4 Å². The van der Waals surface area contributed by atoms with Crippen LogP contribution in [0, 0.1) is 6.92 Å². The van der Waals surface area contributed by atoms with E-state index in [-0.39, 0.29) is 12.0 Å². The lowest BCUT2D eigenvalue weighted by molar-refractivity contribution is 0.102. The number of aryl methyl sites for hydroxylation is 1. The van der Waals surface area contributed by atoms with Crippen LogP contribution in [0.3, 0.4) is 0 Å².